The van der Waals surface area contributed by atoms with Crippen molar-refractivity contribution in [3.8, 4) is 11.5 Å². The van der Waals surface area contributed by atoms with Crippen LogP contribution in [0.2, 0.25) is 0 Å². The monoisotopic (exact) mass is 411 g/mol. The fourth-order valence-corrected chi connectivity index (χ4v) is 4.70. The molecule has 2 heterocycles. The molecule has 0 amide bonds. The topological polar surface area (TPSA) is 99.2 Å². The molecule has 0 saturated carbocycles. The molecule has 0 bridgehead atoms. The van der Waals surface area contributed by atoms with Crippen molar-refractivity contribution >= 4 is 21.8 Å². The smallest absolute Gasteiger partial charge is 0.324 e. The van der Waals surface area contributed by atoms with E-state index in [1.807, 2.05) is 0 Å². The predicted octanol–water partition coefficient (Wildman–Crippen LogP) is 1.77. The summed E-state index contributed by atoms with van der Waals surface area (Å²) in [6.07, 6.45) is 0.892. The van der Waals surface area contributed by atoms with Crippen LogP contribution in [0.1, 0.15) is 33.6 Å². The van der Waals surface area contributed by atoms with Gasteiger partial charge in [-0.25, -0.2) is 8.42 Å². The van der Waals surface area contributed by atoms with Crippen LogP contribution in [0, 0.1) is 5.41 Å². The summed E-state index contributed by atoms with van der Waals surface area (Å²) in [6.45, 7) is 5.80. The number of Topliss-reactive ketones (excluding diaryl/α,β-unsaturated/α-hetero) is 1. The van der Waals surface area contributed by atoms with Crippen molar-refractivity contribution in [2.45, 2.75) is 44.6 Å². The summed E-state index contributed by atoms with van der Waals surface area (Å²) >= 11 is 0. The van der Waals surface area contributed by atoms with Crippen LogP contribution in [0.4, 0.5) is 0 Å². The number of sulfonamides is 1. The summed E-state index contributed by atoms with van der Waals surface area (Å²) in [7, 11) is -3.92. The molecule has 0 N–H and O–H groups in total. The number of carbonyl (C=O) groups is 2. The van der Waals surface area contributed by atoms with E-state index in [1.54, 1.807) is 26.8 Å². The zero-order valence-corrected chi connectivity index (χ0v) is 17.1. The van der Waals surface area contributed by atoms with Gasteiger partial charge < -0.3 is 14.2 Å². The Labute approximate surface area is 164 Å². The lowest BCUT2D eigenvalue weighted by Gasteiger charge is -2.24. The highest BCUT2D eigenvalue weighted by molar-refractivity contribution is 7.89. The molecule has 28 heavy (non-hydrogen) atoms. The molecular weight excluding hydrogens is 386 g/mol. The third-order valence-electron chi connectivity index (χ3n) is 4.78. The summed E-state index contributed by atoms with van der Waals surface area (Å²) in [5.41, 5.74) is -0.632. The lowest BCUT2D eigenvalue weighted by atomic mass is 9.91. The molecule has 1 fully saturated rings. The van der Waals surface area contributed by atoms with E-state index in [1.165, 1.54) is 12.1 Å². The van der Waals surface area contributed by atoms with Gasteiger partial charge in [-0.3, -0.25) is 9.59 Å². The van der Waals surface area contributed by atoms with Gasteiger partial charge in [-0.05, 0) is 25.0 Å². The van der Waals surface area contributed by atoms with Crippen molar-refractivity contribution in [3.05, 3.63) is 18.2 Å². The van der Waals surface area contributed by atoms with Gasteiger partial charge in [-0.1, -0.05) is 20.8 Å². The Morgan fingerprint density at radius 2 is 1.86 bits per heavy atom. The Bertz CT molecular complexity index is 873. The maximum atomic E-state index is 13.1. The highest BCUT2D eigenvalue weighted by Gasteiger charge is 2.41. The van der Waals surface area contributed by atoms with Crippen molar-refractivity contribution in [3.63, 3.8) is 0 Å². The number of carbonyl (C=O) groups excluding carboxylic acids is 2. The van der Waals surface area contributed by atoms with Gasteiger partial charge in [0.1, 0.15) is 19.3 Å². The molecule has 9 heteroatoms. The quantitative estimate of drug-likeness (QED) is 0.681. The Hall–Kier alpha value is -2.13. The molecule has 0 unspecified atom stereocenters. The summed E-state index contributed by atoms with van der Waals surface area (Å²) in [5, 5.41) is 0. The van der Waals surface area contributed by atoms with Crippen LogP contribution < -0.4 is 9.47 Å². The summed E-state index contributed by atoms with van der Waals surface area (Å²) < 4.78 is 43.3. The molecule has 8 nitrogen and oxygen atoms in total. The first kappa shape index (κ1) is 20.6. The summed E-state index contributed by atoms with van der Waals surface area (Å²) in [6, 6.07) is 3.46. The van der Waals surface area contributed by atoms with Crippen LogP contribution in [0.25, 0.3) is 0 Å². The first-order valence-electron chi connectivity index (χ1n) is 9.22. The number of hydrogen-bond donors (Lipinski definition) is 0. The number of ketones is 1. The number of fused-ring (bicyclic) bond motifs is 1. The standard InChI is InChI=1S/C19H25NO7S/c1-19(2,3)17(21)12-27-18(22)14-5-4-8-20(14)28(23,24)13-6-7-15-16(11-13)26-10-9-25-15/h6-7,11,14H,4-5,8-10,12H2,1-3H3/t14-/m1/s1. The van der Waals surface area contributed by atoms with Gasteiger partial charge in [0.25, 0.3) is 0 Å². The largest absolute Gasteiger partial charge is 0.486 e. The molecular formula is C19H25NO7S. The highest BCUT2D eigenvalue weighted by atomic mass is 32.2. The second-order valence-electron chi connectivity index (χ2n) is 7.86. The summed E-state index contributed by atoms with van der Waals surface area (Å²) in [5.74, 6) is -0.0685. The summed E-state index contributed by atoms with van der Waals surface area (Å²) in [4.78, 5) is 24.5. The Morgan fingerprint density at radius 1 is 1.18 bits per heavy atom. The fourth-order valence-electron chi connectivity index (χ4n) is 3.03. The minimum Gasteiger partial charge on any atom is -0.486 e. The lowest BCUT2D eigenvalue weighted by molar-refractivity contribution is -0.153. The van der Waals surface area contributed by atoms with Crippen molar-refractivity contribution in [2.24, 2.45) is 5.41 Å². The molecule has 0 spiro atoms. The SMILES string of the molecule is CC(C)(C)C(=O)COC(=O)[C@H]1CCCN1S(=O)(=O)c1ccc2c(c1)OCCO2. The fraction of sp³-hybridized carbons (Fsp3) is 0.579. The van der Waals surface area contributed by atoms with Gasteiger partial charge in [0.15, 0.2) is 23.9 Å². The molecule has 0 aliphatic carbocycles. The molecule has 154 valence electrons. The van der Waals surface area contributed by atoms with Crippen molar-refractivity contribution in [2.75, 3.05) is 26.4 Å². The lowest BCUT2D eigenvalue weighted by Crippen LogP contribution is -2.42. The maximum absolute atomic E-state index is 13.1. The van der Waals surface area contributed by atoms with Gasteiger partial charge in [0, 0.05) is 18.0 Å². The zero-order chi connectivity index (χ0) is 20.5. The van der Waals surface area contributed by atoms with E-state index in [4.69, 9.17) is 14.2 Å². The van der Waals surface area contributed by atoms with E-state index in [0.717, 1.165) is 4.31 Å². The minimum atomic E-state index is -3.92. The van der Waals surface area contributed by atoms with Crippen LogP contribution in [0.15, 0.2) is 23.1 Å². The first-order chi connectivity index (χ1) is 13.1. The molecule has 0 aromatic heterocycles. The molecule has 0 radical (unpaired) electrons. The number of rotatable bonds is 5. The zero-order valence-electron chi connectivity index (χ0n) is 16.3. The second-order valence-corrected chi connectivity index (χ2v) is 9.75. The van der Waals surface area contributed by atoms with E-state index >= 15 is 0 Å². The average molecular weight is 411 g/mol. The Balaban J connectivity index is 1.76. The number of esters is 1. The molecule has 1 atom stereocenters. The highest BCUT2D eigenvalue weighted by Crippen LogP contribution is 2.35. The van der Waals surface area contributed by atoms with Crippen LogP contribution in [-0.4, -0.2) is 56.9 Å². The average Bonchev–Trinajstić information content (AvgIpc) is 3.15. The minimum absolute atomic E-state index is 0.0298. The van der Waals surface area contributed by atoms with E-state index in [0.29, 0.717) is 37.6 Å². The van der Waals surface area contributed by atoms with E-state index in [9.17, 15) is 18.0 Å². The van der Waals surface area contributed by atoms with Gasteiger partial charge in [-0.15, -0.1) is 0 Å². The van der Waals surface area contributed by atoms with Crippen LogP contribution >= 0.6 is 0 Å². The maximum Gasteiger partial charge on any atom is 0.324 e. The molecule has 2 aliphatic rings. The van der Waals surface area contributed by atoms with Gasteiger partial charge in [-0.2, -0.15) is 4.31 Å². The third kappa shape index (κ3) is 4.15. The van der Waals surface area contributed by atoms with Crippen molar-refractivity contribution < 1.29 is 32.2 Å². The normalized spacial score (nSPS) is 20.0. The molecule has 1 aromatic rings. The predicted molar refractivity (Wildman–Crippen MR) is 99.8 cm³/mol. The molecule has 1 aromatic carbocycles. The van der Waals surface area contributed by atoms with Crippen molar-refractivity contribution in [1.29, 1.82) is 0 Å². The van der Waals surface area contributed by atoms with Gasteiger partial charge >= 0.3 is 5.97 Å². The molecule has 3 rings (SSSR count). The number of ether oxygens (including phenoxy) is 3. The second kappa shape index (κ2) is 7.71. The van der Waals surface area contributed by atoms with Gasteiger partial charge in [0.2, 0.25) is 10.0 Å². The van der Waals surface area contributed by atoms with Gasteiger partial charge in [0.05, 0.1) is 4.90 Å². The van der Waals surface area contributed by atoms with E-state index < -0.39 is 27.4 Å². The van der Waals surface area contributed by atoms with E-state index in [-0.39, 0.29) is 23.8 Å². The number of nitrogens with zero attached hydrogens (tertiary/aromatic N) is 1. The van der Waals surface area contributed by atoms with Crippen LogP contribution in [0.5, 0.6) is 11.5 Å². The van der Waals surface area contributed by atoms with E-state index in [2.05, 4.69) is 0 Å². The number of hydrogen-bond acceptors (Lipinski definition) is 7. The molecule has 2 aliphatic heterocycles. The molecule has 1 saturated heterocycles. The Morgan fingerprint density at radius 3 is 2.54 bits per heavy atom. The van der Waals surface area contributed by atoms with Crippen molar-refractivity contribution in [1.82, 2.24) is 4.31 Å². The van der Waals surface area contributed by atoms with Crippen LogP contribution in [-0.2, 0) is 24.3 Å². The first-order valence-corrected chi connectivity index (χ1v) is 10.7. The van der Waals surface area contributed by atoms with Crippen LogP contribution in [0.3, 0.4) is 0 Å². The number of benzene rings is 1. The third-order valence-corrected chi connectivity index (χ3v) is 6.68. The Kier molecular flexibility index (Phi) is 5.67.